The number of allylic oxidation sites excluding steroid dienone is 3. The minimum Gasteiger partial charge on any atom is -0.465 e. The maximum Gasteiger partial charge on any atom is 0.337 e. The summed E-state index contributed by atoms with van der Waals surface area (Å²) in [7, 11) is 1.36. The van der Waals surface area contributed by atoms with Gasteiger partial charge in [-0.3, -0.25) is 0 Å². The number of fused-ring (bicyclic) bond motifs is 1. The number of esters is 1. The van der Waals surface area contributed by atoms with Gasteiger partial charge >= 0.3 is 5.97 Å². The van der Waals surface area contributed by atoms with Crippen LogP contribution in [0.4, 0.5) is 5.82 Å². The van der Waals surface area contributed by atoms with Crippen LogP contribution in [0.5, 0.6) is 0 Å². The van der Waals surface area contributed by atoms with Gasteiger partial charge in [-0.25, -0.2) is 14.8 Å². The Balaban J connectivity index is 0.000000252. The van der Waals surface area contributed by atoms with Crippen LogP contribution in [0.1, 0.15) is 19.4 Å². The molecule has 0 fully saturated rings. The molecule has 0 saturated carbocycles. The molecule has 25 heavy (non-hydrogen) atoms. The van der Waals surface area contributed by atoms with Crippen LogP contribution in [0, 0.1) is 0 Å². The van der Waals surface area contributed by atoms with E-state index in [2.05, 4.69) is 27.9 Å². The van der Waals surface area contributed by atoms with Crippen LogP contribution in [0.25, 0.3) is 17.0 Å². The predicted octanol–water partition coefficient (Wildman–Crippen LogP) is 4.09. The van der Waals surface area contributed by atoms with E-state index in [1.54, 1.807) is 31.2 Å². The summed E-state index contributed by atoms with van der Waals surface area (Å²) < 4.78 is 4.55. The fourth-order valence-corrected chi connectivity index (χ4v) is 1.85. The van der Waals surface area contributed by atoms with E-state index >= 15 is 0 Å². The molecule has 0 amide bonds. The van der Waals surface area contributed by atoms with Crippen molar-refractivity contribution in [3.63, 3.8) is 0 Å². The molecule has 0 unspecified atom stereocenters. The van der Waals surface area contributed by atoms with Crippen molar-refractivity contribution in [2.45, 2.75) is 13.8 Å². The minimum absolute atomic E-state index is 0.324. The van der Waals surface area contributed by atoms with Crippen molar-refractivity contribution < 1.29 is 9.53 Å². The van der Waals surface area contributed by atoms with Crippen LogP contribution in [0.3, 0.4) is 0 Å². The number of ether oxygens (including phenoxy) is 1. The summed E-state index contributed by atoms with van der Waals surface area (Å²) in [6, 6.07) is 5.78. The number of aromatic nitrogens is 2. The molecule has 1 aromatic carbocycles. The van der Waals surface area contributed by atoms with E-state index in [1.165, 1.54) is 13.4 Å². The molecule has 5 heteroatoms. The zero-order chi connectivity index (χ0) is 18.8. The highest BCUT2D eigenvalue weighted by atomic mass is 16.5. The van der Waals surface area contributed by atoms with Gasteiger partial charge < -0.3 is 10.5 Å². The molecule has 0 spiro atoms. The fraction of sp³-hybridized carbons (Fsp3) is 0.150. The number of rotatable bonds is 4. The largest absolute Gasteiger partial charge is 0.465 e. The number of nitrogen functional groups attached to an aromatic ring is 1. The van der Waals surface area contributed by atoms with E-state index in [1.807, 2.05) is 25.1 Å². The number of anilines is 1. The van der Waals surface area contributed by atoms with Crippen molar-refractivity contribution in [2.75, 3.05) is 12.8 Å². The van der Waals surface area contributed by atoms with Crippen LogP contribution in [-0.4, -0.2) is 23.0 Å². The van der Waals surface area contributed by atoms with E-state index in [0.717, 1.165) is 22.0 Å². The van der Waals surface area contributed by atoms with E-state index < -0.39 is 0 Å². The number of nitrogens with zero attached hydrogens (tertiary/aromatic N) is 2. The maximum absolute atomic E-state index is 11.0. The van der Waals surface area contributed by atoms with E-state index in [0.29, 0.717) is 11.4 Å². The quantitative estimate of drug-likeness (QED) is 0.516. The van der Waals surface area contributed by atoms with Crippen LogP contribution in [0.15, 0.2) is 67.1 Å². The monoisotopic (exact) mass is 337 g/mol. The summed E-state index contributed by atoms with van der Waals surface area (Å²) in [4.78, 5) is 19.0. The molecule has 0 aliphatic rings. The first-order chi connectivity index (χ1) is 11.9. The van der Waals surface area contributed by atoms with E-state index in [-0.39, 0.29) is 5.97 Å². The van der Waals surface area contributed by atoms with Crippen molar-refractivity contribution in [1.29, 1.82) is 0 Å². The molecule has 1 aromatic heterocycles. The average Bonchev–Trinajstić information content (AvgIpc) is 2.62. The Morgan fingerprint density at radius 3 is 2.56 bits per heavy atom. The molecule has 5 nitrogen and oxygen atoms in total. The normalized spacial score (nSPS) is 10.9. The third-order valence-corrected chi connectivity index (χ3v) is 3.21. The Bertz CT molecular complexity index is 836. The van der Waals surface area contributed by atoms with Crippen LogP contribution < -0.4 is 5.73 Å². The number of carbonyl (C=O) groups excluding carboxylic acids is 1. The van der Waals surface area contributed by atoms with Gasteiger partial charge in [0.25, 0.3) is 0 Å². The van der Waals surface area contributed by atoms with Crippen LogP contribution in [0.2, 0.25) is 0 Å². The Kier molecular flexibility index (Phi) is 7.79. The first-order valence-electron chi connectivity index (χ1n) is 7.63. The third kappa shape index (κ3) is 6.06. The Morgan fingerprint density at radius 2 is 2.00 bits per heavy atom. The highest BCUT2D eigenvalue weighted by Gasteiger charge is 2.02. The van der Waals surface area contributed by atoms with Crippen molar-refractivity contribution in [3.8, 4) is 0 Å². The maximum atomic E-state index is 11.0. The molecule has 2 rings (SSSR count). The molecule has 1 heterocycles. The number of hydrogen-bond donors (Lipinski definition) is 1. The van der Waals surface area contributed by atoms with Crippen molar-refractivity contribution in [2.24, 2.45) is 0 Å². The molecule has 0 saturated heterocycles. The van der Waals surface area contributed by atoms with Gasteiger partial charge in [0, 0.05) is 5.39 Å². The summed E-state index contributed by atoms with van der Waals surface area (Å²) in [5, 5.41) is 0.875. The molecular weight excluding hydrogens is 314 g/mol. The lowest BCUT2D eigenvalue weighted by Crippen LogP contribution is -2.01. The highest BCUT2D eigenvalue weighted by Crippen LogP contribution is 2.18. The SMILES string of the molecule is C=C(C)/C=C\C(=C/C)C(=O)OC.C=Cc1ccc2ncnc(N)c2c1. The standard InChI is InChI=1S/C10H9N3.C10H14O2/c1-2-7-3-4-9-8(5-7)10(11)13-6-12-9;1-5-9(10(11)12-4)7-6-8(2)3/h2-6H,1H2,(H2,11,12,13);5-7H,2H2,1,3-4H3/b;7-6-,9-5+. The molecule has 130 valence electrons. The lowest BCUT2D eigenvalue weighted by atomic mass is 10.1. The number of nitrogens with two attached hydrogens (primary N) is 1. The van der Waals surface area contributed by atoms with Gasteiger partial charge in [-0.2, -0.15) is 0 Å². The summed E-state index contributed by atoms with van der Waals surface area (Å²) in [5.41, 5.74) is 9.02. The second-order valence-corrected chi connectivity index (χ2v) is 5.15. The zero-order valence-corrected chi connectivity index (χ0v) is 14.8. The lowest BCUT2D eigenvalue weighted by Gasteiger charge is -2.00. The van der Waals surface area contributed by atoms with Gasteiger partial charge in [-0.05, 0) is 37.6 Å². The summed E-state index contributed by atoms with van der Waals surface area (Å²) >= 11 is 0. The molecule has 0 atom stereocenters. The van der Waals surface area contributed by atoms with Gasteiger partial charge in [0.1, 0.15) is 12.1 Å². The van der Waals surface area contributed by atoms with E-state index in [9.17, 15) is 4.79 Å². The molecule has 0 aliphatic carbocycles. The predicted molar refractivity (Wildman–Crippen MR) is 104 cm³/mol. The van der Waals surface area contributed by atoms with Crippen molar-refractivity contribution in [3.05, 3.63) is 72.6 Å². The van der Waals surface area contributed by atoms with Gasteiger partial charge in [-0.1, -0.05) is 43.0 Å². The molecule has 2 N–H and O–H groups in total. The first-order valence-corrected chi connectivity index (χ1v) is 7.63. The van der Waals surface area contributed by atoms with Gasteiger partial charge in [0.2, 0.25) is 0 Å². The Morgan fingerprint density at radius 1 is 1.28 bits per heavy atom. The molecule has 0 radical (unpaired) electrons. The van der Waals surface area contributed by atoms with Gasteiger partial charge in [0.05, 0.1) is 18.2 Å². The van der Waals surface area contributed by atoms with Crippen molar-refractivity contribution >= 4 is 28.8 Å². The first kappa shape index (κ1) is 19.8. The Labute approximate surface area is 148 Å². The van der Waals surface area contributed by atoms with Crippen LogP contribution in [-0.2, 0) is 9.53 Å². The Hall–Kier alpha value is -3.21. The number of carbonyl (C=O) groups is 1. The van der Waals surface area contributed by atoms with Crippen molar-refractivity contribution in [1.82, 2.24) is 9.97 Å². The van der Waals surface area contributed by atoms with Crippen LogP contribution >= 0.6 is 0 Å². The van der Waals surface area contributed by atoms with Gasteiger partial charge in [-0.15, -0.1) is 0 Å². The molecule has 2 aromatic rings. The minimum atomic E-state index is -0.324. The summed E-state index contributed by atoms with van der Waals surface area (Å²) in [6.45, 7) is 11.0. The number of hydrogen-bond acceptors (Lipinski definition) is 5. The summed E-state index contributed by atoms with van der Waals surface area (Å²) in [5.74, 6) is 0.184. The summed E-state index contributed by atoms with van der Waals surface area (Å²) in [6.07, 6.45) is 8.39. The lowest BCUT2D eigenvalue weighted by molar-refractivity contribution is -0.135. The van der Waals surface area contributed by atoms with Gasteiger partial charge in [0.15, 0.2) is 0 Å². The fourth-order valence-electron chi connectivity index (χ4n) is 1.85. The highest BCUT2D eigenvalue weighted by molar-refractivity contribution is 5.91. The molecule has 0 bridgehead atoms. The van der Waals surface area contributed by atoms with E-state index in [4.69, 9.17) is 5.73 Å². The molecular formula is C20H23N3O2. The smallest absolute Gasteiger partial charge is 0.337 e. The zero-order valence-electron chi connectivity index (χ0n) is 14.8. The number of benzene rings is 1. The second kappa shape index (κ2) is 9.82. The topological polar surface area (TPSA) is 78.1 Å². The second-order valence-electron chi connectivity index (χ2n) is 5.15. The molecule has 0 aliphatic heterocycles. The third-order valence-electron chi connectivity index (χ3n) is 3.21. The average molecular weight is 337 g/mol. The number of methoxy groups -OCH3 is 1.